The quantitative estimate of drug-likeness (QED) is 0.797. The predicted molar refractivity (Wildman–Crippen MR) is 75.7 cm³/mol. The Kier molecular flexibility index (Phi) is 4.43. The molecule has 0 aliphatic carbocycles. The highest BCUT2D eigenvalue weighted by Crippen LogP contribution is 2.20. The van der Waals surface area contributed by atoms with Gasteiger partial charge in [-0.2, -0.15) is 0 Å². The third-order valence-electron chi connectivity index (χ3n) is 2.95. The summed E-state index contributed by atoms with van der Waals surface area (Å²) in [5.74, 6) is -0.298. The molecule has 0 radical (unpaired) electrons. The molecule has 0 amide bonds. The molecule has 0 fully saturated rings. The van der Waals surface area contributed by atoms with Crippen LogP contribution in [0.1, 0.15) is 28.4 Å². The standard InChI is InChI=1S/C15H13BrFNO/c1-2-10-9-18-6-5-13(10)15(19)7-11-3-4-12(17)8-14(11)16/h3-6,8-9H,2,7H2,1H3. The van der Waals surface area contributed by atoms with Gasteiger partial charge in [0, 0.05) is 28.9 Å². The highest BCUT2D eigenvalue weighted by molar-refractivity contribution is 9.10. The van der Waals surface area contributed by atoms with Crippen LogP contribution in [-0.2, 0) is 12.8 Å². The number of carbonyl (C=O) groups is 1. The Balaban J connectivity index is 2.26. The molecule has 2 nitrogen and oxygen atoms in total. The number of carbonyl (C=O) groups excluding carboxylic acids is 1. The van der Waals surface area contributed by atoms with E-state index < -0.39 is 0 Å². The Morgan fingerprint density at radius 3 is 2.79 bits per heavy atom. The van der Waals surface area contributed by atoms with Crippen LogP contribution in [0.3, 0.4) is 0 Å². The minimum absolute atomic E-state index is 0.0200. The Morgan fingerprint density at radius 1 is 1.32 bits per heavy atom. The highest BCUT2D eigenvalue weighted by Gasteiger charge is 2.13. The van der Waals surface area contributed by atoms with Gasteiger partial charge in [-0.3, -0.25) is 9.78 Å². The summed E-state index contributed by atoms with van der Waals surface area (Å²) >= 11 is 3.28. The van der Waals surface area contributed by atoms with E-state index in [0.717, 1.165) is 17.5 Å². The Hall–Kier alpha value is -1.55. The van der Waals surface area contributed by atoms with Crippen molar-refractivity contribution in [1.29, 1.82) is 0 Å². The van der Waals surface area contributed by atoms with E-state index in [9.17, 15) is 9.18 Å². The number of aryl methyl sites for hydroxylation is 1. The summed E-state index contributed by atoms with van der Waals surface area (Å²) in [5, 5.41) is 0. The first-order chi connectivity index (χ1) is 9.11. The van der Waals surface area contributed by atoms with E-state index in [1.54, 1.807) is 24.5 Å². The Morgan fingerprint density at radius 2 is 2.11 bits per heavy atom. The summed E-state index contributed by atoms with van der Waals surface area (Å²) in [5.41, 5.74) is 2.41. The van der Waals surface area contributed by atoms with Crippen molar-refractivity contribution in [2.24, 2.45) is 0 Å². The lowest BCUT2D eigenvalue weighted by Crippen LogP contribution is -2.07. The number of benzene rings is 1. The number of Topliss-reactive ketones (excluding diaryl/α,β-unsaturated/α-hetero) is 1. The molecule has 98 valence electrons. The molecule has 0 atom stereocenters. The minimum Gasteiger partial charge on any atom is -0.294 e. The van der Waals surface area contributed by atoms with Gasteiger partial charge in [-0.1, -0.05) is 28.9 Å². The fourth-order valence-corrected chi connectivity index (χ4v) is 2.41. The normalized spacial score (nSPS) is 10.5. The largest absolute Gasteiger partial charge is 0.294 e. The molecule has 0 spiro atoms. The van der Waals surface area contributed by atoms with Crippen LogP contribution in [0.15, 0.2) is 41.1 Å². The topological polar surface area (TPSA) is 30.0 Å². The molecule has 4 heteroatoms. The molecule has 1 heterocycles. The van der Waals surface area contributed by atoms with E-state index in [1.165, 1.54) is 12.1 Å². The zero-order chi connectivity index (χ0) is 13.8. The molecule has 2 rings (SSSR count). The first-order valence-corrected chi connectivity index (χ1v) is 6.81. The van der Waals surface area contributed by atoms with E-state index >= 15 is 0 Å². The molecule has 1 aromatic heterocycles. The highest BCUT2D eigenvalue weighted by atomic mass is 79.9. The predicted octanol–water partition coefficient (Wildman–Crippen LogP) is 3.97. The van der Waals surface area contributed by atoms with Crippen LogP contribution < -0.4 is 0 Å². The van der Waals surface area contributed by atoms with Crippen LogP contribution in [0, 0.1) is 5.82 Å². The van der Waals surface area contributed by atoms with E-state index in [0.29, 0.717) is 10.0 Å². The molecular weight excluding hydrogens is 309 g/mol. The number of nitrogens with zero attached hydrogens (tertiary/aromatic N) is 1. The van der Waals surface area contributed by atoms with Crippen molar-refractivity contribution >= 4 is 21.7 Å². The lowest BCUT2D eigenvalue weighted by molar-refractivity contribution is 0.0992. The zero-order valence-electron chi connectivity index (χ0n) is 10.5. The number of rotatable bonds is 4. The maximum atomic E-state index is 13.0. The zero-order valence-corrected chi connectivity index (χ0v) is 12.1. The van der Waals surface area contributed by atoms with Gasteiger partial charge < -0.3 is 0 Å². The first kappa shape index (κ1) is 13.9. The molecule has 2 aromatic rings. The molecule has 0 bridgehead atoms. The van der Waals surface area contributed by atoms with Crippen molar-refractivity contribution in [3.63, 3.8) is 0 Å². The average molecular weight is 322 g/mol. The van der Waals surface area contributed by atoms with Crippen LogP contribution in [0.4, 0.5) is 4.39 Å². The van der Waals surface area contributed by atoms with Crippen molar-refractivity contribution in [2.45, 2.75) is 19.8 Å². The summed E-state index contributed by atoms with van der Waals surface area (Å²) in [7, 11) is 0. The van der Waals surface area contributed by atoms with Crippen LogP contribution in [0.25, 0.3) is 0 Å². The van der Waals surface area contributed by atoms with E-state index in [1.807, 2.05) is 6.92 Å². The first-order valence-electron chi connectivity index (χ1n) is 6.01. The Labute approximate surface area is 119 Å². The lowest BCUT2D eigenvalue weighted by atomic mass is 9.99. The van der Waals surface area contributed by atoms with Gasteiger partial charge in [0.25, 0.3) is 0 Å². The van der Waals surface area contributed by atoms with Gasteiger partial charge in [-0.25, -0.2) is 4.39 Å². The molecule has 0 aliphatic rings. The van der Waals surface area contributed by atoms with Crippen LogP contribution in [0.2, 0.25) is 0 Å². The monoisotopic (exact) mass is 321 g/mol. The molecule has 0 N–H and O–H groups in total. The van der Waals surface area contributed by atoms with E-state index in [-0.39, 0.29) is 18.0 Å². The van der Waals surface area contributed by atoms with Crippen molar-refractivity contribution in [1.82, 2.24) is 4.98 Å². The second-order valence-electron chi connectivity index (χ2n) is 4.22. The van der Waals surface area contributed by atoms with Gasteiger partial charge in [0.2, 0.25) is 0 Å². The third-order valence-corrected chi connectivity index (χ3v) is 3.69. The number of hydrogen-bond acceptors (Lipinski definition) is 2. The fraction of sp³-hybridized carbons (Fsp3) is 0.200. The average Bonchev–Trinajstić information content (AvgIpc) is 2.41. The number of pyridine rings is 1. The summed E-state index contributed by atoms with van der Waals surface area (Å²) < 4.78 is 13.6. The van der Waals surface area contributed by atoms with Gasteiger partial charge in [0.1, 0.15) is 5.82 Å². The van der Waals surface area contributed by atoms with E-state index in [2.05, 4.69) is 20.9 Å². The fourth-order valence-electron chi connectivity index (χ4n) is 1.91. The molecule has 0 saturated heterocycles. The summed E-state index contributed by atoms with van der Waals surface area (Å²) in [4.78, 5) is 16.3. The maximum absolute atomic E-state index is 13.0. The summed E-state index contributed by atoms with van der Waals surface area (Å²) in [6.45, 7) is 1.99. The number of hydrogen-bond donors (Lipinski definition) is 0. The van der Waals surface area contributed by atoms with Gasteiger partial charge >= 0.3 is 0 Å². The van der Waals surface area contributed by atoms with Crippen LogP contribution in [-0.4, -0.2) is 10.8 Å². The van der Waals surface area contributed by atoms with Crippen molar-refractivity contribution < 1.29 is 9.18 Å². The summed E-state index contributed by atoms with van der Waals surface area (Å²) in [6, 6.07) is 6.10. The second-order valence-corrected chi connectivity index (χ2v) is 5.08. The molecule has 0 saturated carbocycles. The number of aromatic nitrogens is 1. The number of ketones is 1. The number of halogens is 2. The lowest BCUT2D eigenvalue weighted by Gasteiger charge is -2.07. The smallest absolute Gasteiger partial charge is 0.167 e. The minimum atomic E-state index is -0.318. The maximum Gasteiger partial charge on any atom is 0.167 e. The van der Waals surface area contributed by atoms with E-state index in [4.69, 9.17) is 0 Å². The molecule has 1 aromatic carbocycles. The molecule has 0 aliphatic heterocycles. The second kappa shape index (κ2) is 6.06. The van der Waals surface area contributed by atoms with Crippen molar-refractivity contribution in [3.8, 4) is 0 Å². The molecule has 0 unspecified atom stereocenters. The van der Waals surface area contributed by atoms with Gasteiger partial charge in [-0.15, -0.1) is 0 Å². The van der Waals surface area contributed by atoms with Crippen LogP contribution in [0.5, 0.6) is 0 Å². The van der Waals surface area contributed by atoms with Gasteiger partial charge in [-0.05, 0) is 35.7 Å². The van der Waals surface area contributed by atoms with Crippen LogP contribution >= 0.6 is 15.9 Å². The third kappa shape index (κ3) is 3.26. The molecular formula is C15H13BrFNO. The Bertz CT molecular complexity index is 613. The van der Waals surface area contributed by atoms with Crippen molar-refractivity contribution in [2.75, 3.05) is 0 Å². The van der Waals surface area contributed by atoms with Gasteiger partial charge in [0.05, 0.1) is 0 Å². The summed E-state index contributed by atoms with van der Waals surface area (Å²) in [6.07, 6.45) is 4.34. The molecule has 19 heavy (non-hydrogen) atoms. The SMILES string of the molecule is CCc1cnccc1C(=O)Cc1ccc(F)cc1Br. The van der Waals surface area contributed by atoms with Gasteiger partial charge in [0.15, 0.2) is 5.78 Å². The van der Waals surface area contributed by atoms with Crippen molar-refractivity contribution in [3.05, 3.63) is 63.6 Å².